The van der Waals surface area contributed by atoms with Gasteiger partial charge < -0.3 is 0 Å². The molecule has 0 saturated carbocycles. The molecule has 0 unspecified atom stereocenters. The van der Waals surface area contributed by atoms with E-state index in [2.05, 4.69) is 10.7 Å². The molecule has 0 amide bonds. The van der Waals surface area contributed by atoms with Crippen LogP contribution in [-0.4, -0.2) is 19.9 Å². The Bertz CT molecular complexity index is 29.4. The quantitative estimate of drug-likeness (QED) is 0.186. The summed E-state index contributed by atoms with van der Waals surface area (Å²) in [5, 5.41) is 2.44. The summed E-state index contributed by atoms with van der Waals surface area (Å²) in [5.41, 5.74) is 2.37. The third-order valence-corrected chi connectivity index (χ3v) is 0.541. The van der Waals surface area contributed by atoms with E-state index in [0.29, 0.717) is 13.1 Å². The second kappa shape index (κ2) is 5.81. The first kappa shape index (κ1) is 6.81. The summed E-state index contributed by atoms with van der Waals surface area (Å²) in [5.74, 6) is 4.86. The van der Waals surface area contributed by atoms with Crippen LogP contribution in [-0.2, 0) is 0 Å². The summed E-state index contributed by atoms with van der Waals surface area (Å²) in [6.45, 7) is 0.693. The lowest BCUT2D eigenvalue weighted by Crippen LogP contribution is -2.31. The predicted molar refractivity (Wildman–Crippen MR) is 26.2 cm³/mol. The summed E-state index contributed by atoms with van der Waals surface area (Å²) in [4.78, 5) is 0. The second-order valence-electron chi connectivity index (χ2n) is 1.09. The molecule has 44 valence electrons. The second-order valence-corrected chi connectivity index (χ2v) is 1.09. The van der Waals surface area contributed by atoms with Crippen molar-refractivity contribution in [3.05, 3.63) is 0 Å². The number of hydrogen-bond donors (Lipinski definition) is 3. The first-order valence-electron chi connectivity index (χ1n) is 2.12. The normalized spacial score (nSPS) is 9.43. The van der Waals surface area contributed by atoms with Crippen molar-refractivity contribution in [1.29, 1.82) is 0 Å². The zero-order valence-electron chi connectivity index (χ0n) is 4.08. The van der Waals surface area contributed by atoms with Crippen LogP contribution in [0.3, 0.4) is 0 Å². The molecule has 0 radical (unpaired) electrons. The molecule has 0 atom stereocenters. The van der Waals surface area contributed by atoms with Gasteiger partial charge in [-0.1, -0.05) is 0 Å². The molecule has 0 aliphatic carbocycles. The zero-order valence-corrected chi connectivity index (χ0v) is 4.08. The Morgan fingerprint density at radius 1 is 1.43 bits per heavy atom. The number of nitrogens with one attached hydrogen (secondary N) is 2. The molecule has 0 saturated heterocycles. The molecule has 4 N–H and O–H groups in total. The lowest BCUT2D eigenvalue weighted by molar-refractivity contribution is 0.424. The van der Waals surface area contributed by atoms with Crippen molar-refractivity contribution in [3.8, 4) is 0 Å². The molecule has 7 heavy (non-hydrogen) atoms. The van der Waals surface area contributed by atoms with E-state index >= 15 is 0 Å². The highest BCUT2D eigenvalue weighted by Gasteiger charge is 1.77. The minimum Gasteiger partial charge on any atom is -0.289 e. The van der Waals surface area contributed by atoms with Crippen molar-refractivity contribution in [3.63, 3.8) is 0 Å². The van der Waals surface area contributed by atoms with Gasteiger partial charge in [0.25, 0.3) is 0 Å². The summed E-state index contributed by atoms with van der Waals surface area (Å²) in [7, 11) is 0. The van der Waals surface area contributed by atoms with Crippen molar-refractivity contribution in [2.45, 2.75) is 0 Å². The van der Waals surface area contributed by atoms with E-state index in [1.165, 1.54) is 0 Å². The van der Waals surface area contributed by atoms with Crippen LogP contribution in [0.5, 0.6) is 0 Å². The standard InChI is InChI=1S/C3H10FN3/c4-3-6-1-2-7-5/h6-7H,1-3,5H2. The van der Waals surface area contributed by atoms with Crippen molar-refractivity contribution >= 4 is 0 Å². The van der Waals surface area contributed by atoms with Crippen molar-refractivity contribution in [2.24, 2.45) is 5.84 Å². The zero-order chi connectivity index (χ0) is 5.54. The summed E-state index contributed by atoms with van der Waals surface area (Å²) in [6.07, 6.45) is 0. The molecule has 0 rings (SSSR count). The summed E-state index contributed by atoms with van der Waals surface area (Å²) >= 11 is 0. The van der Waals surface area contributed by atoms with E-state index in [9.17, 15) is 4.39 Å². The predicted octanol–water partition coefficient (Wildman–Crippen LogP) is -1.03. The average Bonchev–Trinajstić information content (AvgIpc) is 1.69. The van der Waals surface area contributed by atoms with Crippen LogP contribution in [0, 0.1) is 0 Å². The molecule has 4 heteroatoms. The van der Waals surface area contributed by atoms with Crippen LogP contribution < -0.4 is 16.6 Å². The van der Waals surface area contributed by atoms with Gasteiger partial charge in [0.15, 0.2) is 0 Å². The maximum Gasteiger partial charge on any atom is 0.140 e. The molecule has 0 fully saturated rings. The highest BCUT2D eigenvalue weighted by molar-refractivity contribution is 4.39. The molecule has 0 aliphatic rings. The topological polar surface area (TPSA) is 50.1 Å². The molecule has 3 nitrogen and oxygen atoms in total. The number of nitrogens with two attached hydrogens (primary N) is 1. The Balaban J connectivity index is 2.45. The molecule has 0 aromatic carbocycles. The van der Waals surface area contributed by atoms with Crippen LogP contribution >= 0.6 is 0 Å². The van der Waals surface area contributed by atoms with Gasteiger partial charge >= 0.3 is 0 Å². The number of alkyl halides is 1. The molecular weight excluding hydrogens is 97.1 g/mol. The molecule has 0 aromatic heterocycles. The van der Waals surface area contributed by atoms with E-state index in [1.54, 1.807) is 0 Å². The maximum atomic E-state index is 11.1. The van der Waals surface area contributed by atoms with Crippen molar-refractivity contribution in [1.82, 2.24) is 10.7 Å². The third-order valence-electron chi connectivity index (χ3n) is 0.541. The van der Waals surface area contributed by atoms with Crippen LogP contribution in [0.4, 0.5) is 4.39 Å². The Labute approximate surface area is 42.0 Å². The Kier molecular flexibility index (Phi) is 5.65. The Morgan fingerprint density at radius 2 is 2.14 bits per heavy atom. The SMILES string of the molecule is NNCCNCF. The van der Waals surface area contributed by atoms with Crippen molar-refractivity contribution in [2.75, 3.05) is 19.9 Å². The summed E-state index contributed by atoms with van der Waals surface area (Å²) in [6, 6.07) is 0. The third kappa shape index (κ3) is 5.81. The Hall–Kier alpha value is -0.190. The first-order valence-corrected chi connectivity index (χ1v) is 2.12. The fraction of sp³-hybridized carbons (Fsp3) is 1.00. The molecule has 0 aliphatic heterocycles. The lowest BCUT2D eigenvalue weighted by Gasteiger charge is -1.95. The molecular formula is C3H10FN3. The highest BCUT2D eigenvalue weighted by Crippen LogP contribution is 1.55. The monoisotopic (exact) mass is 107 g/mol. The Morgan fingerprint density at radius 3 is 2.57 bits per heavy atom. The molecule has 0 heterocycles. The fourth-order valence-electron chi connectivity index (χ4n) is 0.227. The lowest BCUT2D eigenvalue weighted by atomic mass is 10.7. The number of rotatable bonds is 4. The number of hydrazine groups is 1. The minimum absolute atomic E-state index is 0.484. The van der Waals surface area contributed by atoms with Gasteiger partial charge in [-0.25, -0.2) is 4.39 Å². The van der Waals surface area contributed by atoms with Gasteiger partial charge in [0, 0.05) is 13.1 Å². The maximum absolute atomic E-state index is 11.1. The van der Waals surface area contributed by atoms with E-state index in [0.717, 1.165) is 0 Å². The van der Waals surface area contributed by atoms with Gasteiger partial charge in [-0.2, -0.15) is 0 Å². The van der Waals surface area contributed by atoms with Crippen molar-refractivity contribution < 1.29 is 4.39 Å². The van der Waals surface area contributed by atoms with Gasteiger partial charge in [-0.05, 0) is 0 Å². The first-order chi connectivity index (χ1) is 3.41. The molecule has 0 spiro atoms. The molecule has 0 bridgehead atoms. The van der Waals surface area contributed by atoms with E-state index < -0.39 is 6.80 Å². The van der Waals surface area contributed by atoms with Gasteiger partial charge in [0.2, 0.25) is 0 Å². The van der Waals surface area contributed by atoms with Crippen LogP contribution in [0.2, 0.25) is 0 Å². The van der Waals surface area contributed by atoms with E-state index in [4.69, 9.17) is 5.84 Å². The summed E-state index contributed by atoms with van der Waals surface area (Å²) < 4.78 is 11.1. The minimum atomic E-state index is -0.484. The highest BCUT2D eigenvalue weighted by atomic mass is 19.1. The van der Waals surface area contributed by atoms with Gasteiger partial charge in [-0.15, -0.1) is 0 Å². The van der Waals surface area contributed by atoms with Gasteiger partial charge in [0.1, 0.15) is 6.80 Å². The van der Waals surface area contributed by atoms with E-state index in [1.807, 2.05) is 0 Å². The molecule has 0 aromatic rings. The van der Waals surface area contributed by atoms with E-state index in [-0.39, 0.29) is 0 Å². The average molecular weight is 107 g/mol. The van der Waals surface area contributed by atoms with Gasteiger partial charge in [0.05, 0.1) is 0 Å². The largest absolute Gasteiger partial charge is 0.289 e. The number of halogens is 1. The van der Waals surface area contributed by atoms with Crippen LogP contribution in [0.1, 0.15) is 0 Å². The smallest absolute Gasteiger partial charge is 0.140 e. The number of hydrogen-bond acceptors (Lipinski definition) is 3. The van der Waals surface area contributed by atoms with Crippen LogP contribution in [0.15, 0.2) is 0 Å². The fourth-order valence-corrected chi connectivity index (χ4v) is 0.227. The van der Waals surface area contributed by atoms with Gasteiger partial charge in [-0.3, -0.25) is 16.6 Å². The van der Waals surface area contributed by atoms with Crippen LogP contribution in [0.25, 0.3) is 0 Å².